The smallest absolute Gasteiger partial charge is 0.255 e. The van der Waals surface area contributed by atoms with Gasteiger partial charge in [-0.2, -0.15) is 0 Å². The van der Waals surface area contributed by atoms with Crippen LogP contribution < -0.4 is 15.4 Å². The zero-order valence-corrected chi connectivity index (χ0v) is 24.8. The quantitative estimate of drug-likeness (QED) is 0.247. The molecule has 1 atom stereocenters. The molecule has 40 heavy (non-hydrogen) atoms. The zero-order valence-electron chi connectivity index (χ0n) is 24.0. The van der Waals surface area contributed by atoms with Crippen molar-refractivity contribution in [2.24, 2.45) is 4.99 Å². The maximum absolute atomic E-state index is 13.6. The molecule has 2 aliphatic heterocycles. The predicted octanol–water partition coefficient (Wildman–Crippen LogP) is 7.54. The topological polar surface area (TPSA) is 83.0 Å². The Bertz CT molecular complexity index is 1210. The van der Waals surface area contributed by atoms with Crippen LogP contribution in [0.2, 0.25) is 0 Å². The molecule has 2 heterocycles. The van der Waals surface area contributed by atoms with Crippen molar-refractivity contribution in [1.82, 2.24) is 4.90 Å². The number of nitrogens with one attached hydrogen (secondary N) is 2. The highest BCUT2D eigenvalue weighted by Gasteiger charge is 2.37. The van der Waals surface area contributed by atoms with Gasteiger partial charge in [-0.3, -0.25) is 9.59 Å². The lowest BCUT2D eigenvalue weighted by Crippen LogP contribution is -2.43. The van der Waals surface area contributed by atoms with Crippen molar-refractivity contribution in [2.75, 3.05) is 30.0 Å². The summed E-state index contributed by atoms with van der Waals surface area (Å²) in [5, 5.41) is 7.05. The maximum atomic E-state index is 13.6. The van der Waals surface area contributed by atoms with Gasteiger partial charge in [-0.1, -0.05) is 69.3 Å². The predicted molar refractivity (Wildman–Crippen MR) is 166 cm³/mol. The second-order valence-electron chi connectivity index (χ2n) is 10.4. The van der Waals surface area contributed by atoms with Gasteiger partial charge >= 0.3 is 0 Å². The first kappa shape index (κ1) is 29.7. The number of aliphatic imine (C=N–C) groups is 1. The molecule has 7 nitrogen and oxygen atoms in total. The van der Waals surface area contributed by atoms with E-state index >= 15 is 0 Å². The van der Waals surface area contributed by atoms with Gasteiger partial charge in [-0.25, -0.2) is 4.99 Å². The van der Waals surface area contributed by atoms with Gasteiger partial charge < -0.3 is 20.3 Å². The van der Waals surface area contributed by atoms with Gasteiger partial charge in [-0.05, 0) is 61.7 Å². The zero-order chi connectivity index (χ0) is 28.3. The lowest BCUT2D eigenvalue weighted by Gasteiger charge is -2.41. The van der Waals surface area contributed by atoms with Gasteiger partial charge in [0.05, 0.1) is 24.4 Å². The average molecular weight is 563 g/mol. The van der Waals surface area contributed by atoms with E-state index in [0.29, 0.717) is 17.7 Å². The number of unbranched alkanes of at least 4 members (excludes halogenated alkanes) is 6. The number of fused-ring (bicyclic) bond motifs is 1. The minimum absolute atomic E-state index is 0.0520. The average Bonchev–Trinajstić information content (AvgIpc) is 2.96. The van der Waals surface area contributed by atoms with Crippen molar-refractivity contribution in [3.05, 3.63) is 65.4 Å². The highest BCUT2D eigenvalue weighted by molar-refractivity contribution is 8.13. The van der Waals surface area contributed by atoms with E-state index in [-0.39, 0.29) is 17.9 Å². The largest absolute Gasteiger partial charge is 0.497 e. The van der Waals surface area contributed by atoms with Crippen LogP contribution in [0, 0.1) is 0 Å². The van der Waals surface area contributed by atoms with Crippen LogP contribution in [0.15, 0.2) is 64.8 Å². The Labute approximate surface area is 242 Å². The highest BCUT2D eigenvalue weighted by atomic mass is 32.2. The summed E-state index contributed by atoms with van der Waals surface area (Å²) in [7, 11) is 1.62. The van der Waals surface area contributed by atoms with E-state index in [1.54, 1.807) is 18.9 Å². The molecule has 1 unspecified atom stereocenters. The van der Waals surface area contributed by atoms with Gasteiger partial charge in [0.2, 0.25) is 5.91 Å². The van der Waals surface area contributed by atoms with E-state index in [0.717, 1.165) is 59.4 Å². The fourth-order valence-corrected chi connectivity index (χ4v) is 6.21. The van der Waals surface area contributed by atoms with Crippen molar-refractivity contribution in [3.63, 3.8) is 0 Å². The molecule has 2 N–H and O–H groups in total. The van der Waals surface area contributed by atoms with Crippen LogP contribution in [0.3, 0.4) is 0 Å². The Morgan fingerprint density at radius 2 is 1.60 bits per heavy atom. The lowest BCUT2D eigenvalue weighted by molar-refractivity contribution is -0.116. The number of amidine groups is 1. The monoisotopic (exact) mass is 562 g/mol. The Morgan fingerprint density at radius 1 is 0.950 bits per heavy atom. The van der Waals surface area contributed by atoms with E-state index < -0.39 is 0 Å². The first-order valence-electron chi connectivity index (χ1n) is 14.5. The van der Waals surface area contributed by atoms with E-state index in [1.165, 1.54) is 32.1 Å². The van der Waals surface area contributed by atoms with Crippen LogP contribution in [0.1, 0.15) is 83.2 Å². The molecule has 2 amide bonds. The normalized spacial score (nSPS) is 16.7. The van der Waals surface area contributed by atoms with Gasteiger partial charge in [0.1, 0.15) is 5.75 Å². The van der Waals surface area contributed by atoms with Crippen LogP contribution in [-0.4, -0.2) is 41.3 Å². The number of nitrogens with zero attached hydrogens (tertiary/aromatic N) is 2. The number of hydrogen-bond acceptors (Lipinski definition) is 6. The van der Waals surface area contributed by atoms with E-state index in [1.807, 2.05) is 55.5 Å². The standard InChI is InChI=1S/C32H42N4O3S/c1-4-5-6-7-8-9-10-12-28(37)34-25-15-13-24(14-16-25)30-29(23(2)33-32-36(30)21-11-22-40-32)31(38)35-26-17-19-27(39-3)20-18-26/h13-20,30H,4-12,21-22H2,1-3H3,(H,34,37)(H,35,38). The number of allylic oxidation sites excluding steroid dienone is 1. The van der Waals surface area contributed by atoms with Crippen molar-refractivity contribution in [3.8, 4) is 5.75 Å². The van der Waals surface area contributed by atoms with Crippen molar-refractivity contribution in [1.29, 1.82) is 0 Å². The molecule has 1 fully saturated rings. The summed E-state index contributed by atoms with van der Waals surface area (Å²) in [4.78, 5) is 33.2. The van der Waals surface area contributed by atoms with Crippen LogP contribution in [0.4, 0.5) is 11.4 Å². The summed E-state index contributed by atoms with van der Waals surface area (Å²) in [6.45, 7) is 4.97. The molecule has 0 aromatic heterocycles. The number of benzene rings is 2. The molecular formula is C32H42N4O3S. The van der Waals surface area contributed by atoms with Gasteiger partial charge in [-0.15, -0.1) is 0 Å². The molecule has 4 rings (SSSR count). The summed E-state index contributed by atoms with van der Waals surface area (Å²) in [5.74, 6) is 1.64. The minimum Gasteiger partial charge on any atom is -0.497 e. The van der Waals surface area contributed by atoms with Gasteiger partial charge in [0.15, 0.2) is 5.17 Å². The van der Waals surface area contributed by atoms with Gasteiger partial charge in [0.25, 0.3) is 5.91 Å². The summed E-state index contributed by atoms with van der Waals surface area (Å²) < 4.78 is 5.24. The first-order valence-corrected chi connectivity index (χ1v) is 15.5. The number of methoxy groups -OCH3 is 1. The van der Waals surface area contributed by atoms with Crippen molar-refractivity contribution in [2.45, 2.75) is 77.7 Å². The molecule has 0 bridgehead atoms. The second kappa shape index (κ2) is 14.9. The number of ether oxygens (including phenoxy) is 1. The third kappa shape index (κ3) is 7.90. The lowest BCUT2D eigenvalue weighted by atomic mass is 9.93. The molecule has 1 saturated heterocycles. The highest BCUT2D eigenvalue weighted by Crippen LogP contribution is 2.40. The summed E-state index contributed by atoms with van der Waals surface area (Å²) in [5.41, 5.74) is 3.84. The SMILES string of the molecule is CCCCCCCCCC(=O)Nc1ccc(C2C(C(=O)Nc3ccc(OC)cc3)=C(C)N=C3SCCCN32)cc1. The van der Waals surface area contributed by atoms with Crippen LogP contribution in [0.5, 0.6) is 5.75 Å². The number of amides is 2. The summed E-state index contributed by atoms with van der Waals surface area (Å²) in [6, 6.07) is 15.0. The Kier molecular flexibility index (Phi) is 11.1. The third-order valence-corrected chi connectivity index (χ3v) is 8.45. The number of carbonyl (C=O) groups is 2. The molecule has 8 heteroatoms. The Morgan fingerprint density at radius 3 is 2.30 bits per heavy atom. The fraction of sp³-hybridized carbons (Fsp3) is 0.469. The Balaban J connectivity index is 1.44. The van der Waals surface area contributed by atoms with Crippen LogP contribution in [-0.2, 0) is 9.59 Å². The molecule has 214 valence electrons. The number of carbonyl (C=O) groups excluding carboxylic acids is 2. The number of hydrogen-bond donors (Lipinski definition) is 2. The second-order valence-corrected chi connectivity index (χ2v) is 11.5. The van der Waals surface area contributed by atoms with Gasteiger partial charge in [0, 0.05) is 30.1 Å². The molecule has 0 saturated carbocycles. The molecule has 0 spiro atoms. The molecule has 0 aliphatic carbocycles. The maximum Gasteiger partial charge on any atom is 0.255 e. The van der Waals surface area contributed by atoms with Crippen molar-refractivity contribution < 1.29 is 14.3 Å². The first-order chi connectivity index (χ1) is 19.5. The van der Waals surface area contributed by atoms with E-state index in [4.69, 9.17) is 9.73 Å². The molecule has 2 aliphatic rings. The van der Waals surface area contributed by atoms with Crippen molar-refractivity contribution >= 4 is 40.1 Å². The summed E-state index contributed by atoms with van der Waals surface area (Å²) >= 11 is 1.74. The number of thioether (sulfide) groups is 1. The Hall–Kier alpha value is -3.26. The van der Waals surface area contributed by atoms with E-state index in [9.17, 15) is 9.59 Å². The van der Waals surface area contributed by atoms with Crippen LogP contribution in [0.25, 0.3) is 0 Å². The molecule has 2 aromatic carbocycles. The minimum atomic E-state index is -0.254. The summed E-state index contributed by atoms with van der Waals surface area (Å²) in [6.07, 6.45) is 9.89. The number of anilines is 2. The fourth-order valence-electron chi connectivity index (χ4n) is 5.19. The third-order valence-electron chi connectivity index (χ3n) is 7.37. The molecular weight excluding hydrogens is 520 g/mol. The van der Waals surface area contributed by atoms with E-state index in [2.05, 4.69) is 22.5 Å². The number of rotatable bonds is 13. The molecule has 0 radical (unpaired) electrons. The molecule has 2 aromatic rings. The van der Waals surface area contributed by atoms with Crippen LogP contribution >= 0.6 is 11.8 Å².